The average molecular weight is 375 g/mol. The summed E-state index contributed by atoms with van der Waals surface area (Å²) in [6.07, 6.45) is 0. The molecule has 0 unspecified atom stereocenters. The molecule has 0 fully saturated rings. The minimum Gasteiger partial charge on any atom is -0.383 e. The number of amides is 1. The molecule has 0 saturated heterocycles. The first-order valence-corrected chi connectivity index (χ1v) is 8.45. The molecule has 1 rings (SSSR count). The van der Waals surface area contributed by atoms with Gasteiger partial charge in [0.25, 0.3) is 0 Å². The first-order valence-electron chi connectivity index (χ1n) is 6.84. The first-order chi connectivity index (χ1) is 9.93. The van der Waals surface area contributed by atoms with Gasteiger partial charge in [0.05, 0.1) is 13.2 Å². The summed E-state index contributed by atoms with van der Waals surface area (Å²) in [5, 5.41) is 5.99. The van der Waals surface area contributed by atoms with Crippen molar-refractivity contribution in [3.63, 3.8) is 0 Å². The largest absolute Gasteiger partial charge is 0.383 e. The fraction of sp³-hybridized carbons (Fsp3) is 0.533. The molecular weight excluding hydrogens is 352 g/mol. The maximum Gasteiger partial charge on any atom is 0.234 e. The number of methoxy groups -OCH3 is 1. The Hall–Kier alpha value is -0.560. The van der Waals surface area contributed by atoms with Crippen LogP contribution in [0, 0.1) is 0 Å². The number of carbonyl (C=O) groups excluding carboxylic acids is 1. The quantitative estimate of drug-likeness (QED) is 0.515. The highest BCUT2D eigenvalue weighted by molar-refractivity contribution is 9.10. The van der Waals surface area contributed by atoms with E-state index in [1.807, 2.05) is 12.1 Å². The van der Waals surface area contributed by atoms with E-state index in [2.05, 4.69) is 52.5 Å². The van der Waals surface area contributed by atoms with E-state index in [0.717, 1.165) is 4.47 Å². The molecule has 118 valence electrons. The van der Waals surface area contributed by atoms with Crippen LogP contribution in [0.25, 0.3) is 0 Å². The van der Waals surface area contributed by atoms with E-state index in [4.69, 9.17) is 4.74 Å². The van der Waals surface area contributed by atoms with Gasteiger partial charge in [-0.2, -0.15) is 0 Å². The van der Waals surface area contributed by atoms with Crippen molar-refractivity contribution in [3.05, 3.63) is 28.7 Å². The lowest BCUT2D eigenvalue weighted by Crippen LogP contribution is -2.41. The lowest BCUT2D eigenvalue weighted by Gasteiger charge is -2.24. The predicted molar refractivity (Wildman–Crippen MR) is 91.8 cm³/mol. The second kappa shape index (κ2) is 9.46. The van der Waals surface area contributed by atoms with E-state index in [9.17, 15) is 4.79 Å². The topological polar surface area (TPSA) is 50.4 Å². The summed E-state index contributed by atoms with van der Waals surface area (Å²) in [6.45, 7) is 6.48. The number of halogens is 1. The highest BCUT2D eigenvalue weighted by Crippen LogP contribution is 2.32. The number of nitrogens with one attached hydrogen (secondary N) is 2. The Kier molecular flexibility index (Phi) is 8.33. The summed E-state index contributed by atoms with van der Waals surface area (Å²) in [7, 11) is 1.64. The number of rotatable bonds is 9. The Labute approximate surface area is 139 Å². The second-order valence-electron chi connectivity index (χ2n) is 5.26. The van der Waals surface area contributed by atoms with Crippen LogP contribution in [0.5, 0.6) is 0 Å². The van der Waals surface area contributed by atoms with Crippen LogP contribution in [0.15, 0.2) is 33.6 Å². The first kappa shape index (κ1) is 18.5. The standard InChI is InChI=1S/C15H23BrN2O2S/c1-15(2,21-13-6-4-12(16)5-7-13)11-18-14(19)10-17-8-9-20-3/h4-7,17H,8-11H2,1-3H3,(H,18,19). The average Bonchev–Trinajstić information content (AvgIpc) is 2.44. The Bertz CT molecular complexity index is 438. The molecule has 1 aromatic carbocycles. The van der Waals surface area contributed by atoms with E-state index in [1.54, 1.807) is 18.9 Å². The zero-order chi connectivity index (χ0) is 15.7. The van der Waals surface area contributed by atoms with Crippen molar-refractivity contribution in [2.75, 3.05) is 33.4 Å². The van der Waals surface area contributed by atoms with Crippen molar-refractivity contribution in [2.24, 2.45) is 0 Å². The predicted octanol–water partition coefficient (Wildman–Crippen LogP) is 2.67. The Balaban J connectivity index is 2.31. The molecular formula is C15H23BrN2O2S. The van der Waals surface area contributed by atoms with Crippen molar-refractivity contribution >= 4 is 33.6 Å². The molecule has 0 heterocycles. The van der Waals surface area contributed by atoms with Gasteiger partial charge in [-0.3, -0.25) is 4.79 Å². The molecule has 0 atom stereocenters. The van der Waals surface area contributed by atoms with E-state index in [1.165, 1.54) is 4.90 Å². The minimum atomic E-state index is -0.0595. The van der Waals surface area contributed by atoms with Crippen LogP contribution in [0.3, 0.4) is 0 Å². The second-order valence-corrected chi connectivity index (χ2v) is 7.96. The van der Waals surface area contributed by atoms with Gasteiger partial charge in [-0.15, -0.1) is 11.8 Å². The molecule has 0 aromatic heterocycles. The number of benzene rings is 1. The Morgan fingerprint density at radius 2 is 2.00 bits per heavy atom. The van der Waals surface area contributed by atoms with Crippen molar-refractivity contribution in [3.8, 4) is 0 Å². The Morgan fingerprint density at radius 1 is 1.33 bits per heavy atom. The molecule has 1 aromatic rings. The molecule has 0 spiro atoms. The molecule has 6 heteroatoms. The van der Waals surface area contributed by atoms with Gasteiger partial charge in [0.2, 0.25) is 5.91 Å². The SMILES string of the molecule is COCCNCC(=O)NCC(C)(C)Sc1ccc(Br)cc1. The van der Waals surface area contributed by atoms with Gasteiger partial charge in [0.1, 0.15) is 0 Å². The molecule has 0 aliphatic rings. The van der Waals surface area contributed by atoms with Gasteiger partial charge >= 0.3 is 0 Å². The van der Waals surface area contributed by atoms with Crippen molar-refractivity contribution in [1.29, 1.82) is 0 Å². The summed E-state index contributed by atoms with van der Waals surface area (Å²) in [5.41, 5.74) is 0. The van der Waals surface area contributed by atoms with Gasteiger partial charge in [-0.25, -0.2) is 0 Å². The van der Waals surface area contributed by atoms with Crippen LogP contribution < -0.4 is 10.6 Å². The molecule has 0 saturated carbocycles. The molecule has 1 amide bonds. The van der Waals surface area contributed by atoms with Gasteiger partial charge in [0.15, 0.2) is 0 Å². The number of hydrogen-bond acceptors (Lipinski definition) is 4. The lowest BCUT2D eigenvalue weighted by atomic mass is 10.2. The third-order valence-electron chi connectivity index (χ3n) is 2.69. The number of hydrogen-bond donors (Lipinski definition) is 2. The number of thioether (sulfide) groups is 1. The number of carbonyl (C=O) groups is 1. The summed E-state index contributed by atoms with van der Waals surface area (Å²) >= 11 is 5.18. The van der Waals surface area contributed by atoms with Crippen molar-refractivity contribution in [2.45, 2.75) is 23.5 Å². The van der Waals surface area contributed by atoms with E-state index < -0.39 is 0 Å². The smallest absolute Gasteiger partial charge is 0.234 e. The molecule has 21 heavy (non-hydrogen) atoms. The third-order valence-corrected chi connectivity index (χ3v) is 4.42. The molecule has 0 radical (unpaired) electrons. The van der Waals surface area contributed by atoms with Crippen LogP contribution in [-0.2, 0) is 9.53 Å². The summed E-state index contributed by atoms with van der Waals surface area (Å²) in [6, 6.07) is 8.20. The van der Waals surface area contributed by atoms with Crippen LogP contribution in [-0.4, -0.2) is 44.0 Å². The van der Waals surface area contributed by atoms with Crippen LogP contribution in [0.4, 0.5) is 0 Å². The van der Waals surface area contributed by atoms with E-state index in [-0.39, 0.29) is 10.7 Å². The van der Waals surface area contributed by atoms with E-state index in [0.29, 0.717) is 26.2 Å². The minimum absolute atomic E-state index is 0.00980. The van der Waals surface area contributed by atoms with Gasteiger partial charge in [-0.05, 0) is 38.1 Å². The summed E-state index contributed by atoms with van der Waals surface area (Å²) in [4.78, 5) is 12.9. The Morgan fingerprint density at radius 3 is 2.62 bits per heavy atom. The summed E-state index contributed by atoms with van der Waals surface area (Å²) < 4.78 is 5.92. The van der Waals surface area contributed by atoms with Gasteiger partial charge in [-0.1, -0.05) is 15.9 Å². The van der Waals surface area contributed by atoms with Crippen molar-refractivity contribution < 1.29 is 9.53 Å². The fourth-order valence-corrected chi connectivity index (χ4v) is 2.93. The van der Waals surface area contributed by atoms with E-state index >= 15 is 0 Å². The third kappa shape index (κ3) is 8.46. The zero-order valence-electron chi connectivity index (χ0n) is 12.7. The maximum atomic E-state index is 11.7. The van der Waals surface area contributed by atoms with Crippen LogP contribution >= 0.6 is 27.7 Å². The summed E-state index contributed by atoms with van der Waals surface area (Å²) in [5.74, 6) is 0.00980. The van der Waals surface area contributed by atoms with Crippen molar-refractivity contribution in [1.82, 2.24) is 10.6 Å². The monoisotopic (exact) mass is 374 g/mol. The van der Waals surface area contributed by atoms with Gasteiger partial charge in [0, 0.05) is 34.3 Å². The molecule has 4 nitrogen and oxygen atoms in total. The fourth-order valence-electron chi connectivity index (χ4n) is 1.61. The molecule has 2 N–H and O–H groups in total. The van der Waals surface area contributed by atoms with Crippen LogP contribution in [0.2, 0.25) is 0 Å². The normalized spacial score (nSPS) is 11.4. The van der Waals surface area contributed by atoms with Gasteiger partial charge < -0.3 is 15.4 Å². The molecule has 0 bridgehead atoms. The maximum absolute atomic E-state index is 11.7. The zero-order valence-corrected chi connectivity index (χ0v) is 15.1. The lowest BCUT2D eigenvalue weighted by molar-refractivity contribution is -0.120. The molecule has 0 aliphatic heterocycles. The number of ether oxygens (including phenoxy) is 1. The molecule has 0 aliphatic carbocycles. The highest BCUT2D eigenvalue weighted by atomic mass is 79.9. The highest BCUT2D eigenvalue weighted by Gasteiger charge is 2.20. The van der Waals surface area contributed by atoms with Crippen LogP contribution in [0.1, 0.15) is 13.8 Å².